The molecule has 1 N–H and O–H groups in total. The van der Waals surface area contributed by atoms with Crippen LogP contribution in [-0.2, 0) is 0 Å². The summed E-state index contributed by atoms with van der Waals surface area (Å²) in [4.78, 5) is 0.480. The maximum absolute atomic E-state index is 10.3. The van der Waals surface area contributed by atoms with Crippen LogP contribution in [0.25, 0.3) is 0 Å². The fourth-order valence-corrected chi connectivity index (χ4v) is 3.74. The van der Waals surface area contributed by atoms with E-state index in [9.17, 15) is 5.11 Å². The van der Waals surface area contributed by atoms with Crippen molar-refractivity contribution in [3.8, 4) is 0 Å². The van der Waals surface area contributed by atoms with E-state index in [0.29, 0.717) is 19.8 Å². The predicted octanol–water partition coefficient (Wildman–Crippen LogP) is 3.60. The molecule has 2 atom stereocenters. The summed E-state index contributed by atoms with van der Waals surface area (Å²) >= 11 is 0.497. The molecule has 94 valence electrons. The maximum atomic E-state index is 10.3. The molecule has 0 fully saturated rings. The van der Waals surface area contributed by atoms with Crippen molar-refractivity contribution in [3.05, 3.63) is 71.8 Å². The number of aliphatic hydroxyl groups excluding tert-OH is 1. The van der Waals surface area contributed by atoms with Gasteiger partial charge >= 0.3 is 115 Å². The van der Waals surface area contributed by atoms with Gasteiger partial charge in [0.05, 0.1) is 0 Å². The minimum atomic E-state index is -0.363. The molecule has 2 aromatic carbocycles. The zero-order chi connectivity index (χ0) is 12.8. The molecule has 1 nitrogen and oxygen atoms in total. The zero-order valence-electron chi connectivity index (χ0n) is 10.5. The monoisotopic (exact) mass is 306 g/mol. The van der Waals surface area contributed by atoms with E-state index < -0.39 is 0 Å². The van der Waals surface area contributed by atoms with Gasteiger partial charge in [0.25, 0.3) is 0 Å². The van der Waals surface area contributed by atoms with Crippen LogP contribution in [0, 0.1) is 0 Å². The van der Waals surface area contributed by atoms with E-state index in [1.165, 1.54) is 5.56 Å². The van der Waals surface area contributed by atoms with Crippen LogP contribution in [0.4, 0.5) is 0 Å². The van der Waals surface area contributed by atoms with Gasteiger partial charge in [0.15, 0.2) is 0 Å². The Morgan fingerprint density at radius 3 is 1.89 bits per heavy atom. The van der Waals surface area contributed by atoms with Gasteiger partial charge in [0.1, 0.15) is 0 Å². The summed E-state index contributed by atoms with van der Waals surface area (Å²) in [5.41, 5.74) is 2.36. The quantitative estimate of drug-likeness (QED) is 0.837. The van der Waals surface area contributed by atoms with Crippen LogP contribution in [0.15, 0.2) is 60.7 Å². The molecule has 0 spiro atoms. The van der Waals surface area contributed by atoms with Crippen LogP contribution >= 0.6 is 0 Å². The van der Waals surface area contributed by atoms with E-state index in [-0.39, 0.29) is 6.10 Å². The molecule has 0 bridgehead atoms. The topological polar surface area (TPSA) is 20.2 Å². The first-order chi connectivity index (χ1) is 8.81. The number of benzene rings is 2. The first-order valence-electron chi connectivity index (χ1n) is 6.12. The number of hydrogen-bond donors (Lipinski definition) is 1. The molecule has 2 aromatic rings. The fourth-order valence-electron chi connectivity index (χ4n) is 2.05. The molecule has 0 saturated carbocycles. The summed E-state index contributed by atoms with van der Waals surface area (Å²) in [6, 6.07) is 20.4. The van der Waals surface area contributed by atoms with Crippen LogP contribution in [0.2, 0.25) is 5.82 Å². The SMILES string of the molecule is C[Se]C(CC(O)c1ccccc1)c1ccccc1. The predicted molar refractivity (Wildman–Crippen MR) is 76.8 cm³/mol. The van der Waals surface area contributed by atoms with E-state index in [1.807, 2.05) is 36.4 Å². The molecular weight excluding hydrogens is 287 g/mol. The molecule has 0 saturated heterocycles. The van der Waals surface area contributed by atoms with Gasteiger partial charge in [-0.25, -0.2) is 0 Å². The van der Waals surface area contributed by atoms with Gasteiger partial charge in [-0.05, 0) is 0 Å². The molecule has 0 aromatic heterocycles. The van der Waals surface area contributed by atoms with E-state index in [2.05, 4.69) is 30.1 Å². The Morgan fingerprint density at radius 1 is 0.889 bits per heavy atom. The molecule has 0 aliphatic heterocycles. The van der Waals surface area contributed by atoms with Crippen LogP contribution in [0.1, 0.15) is 28.5 Å². The summed E-state index contributed by atoms with van der Waals surface area (Å²) in [5.74, 6) is 2.24. The standard InChI is InChI=1S/C16H18OSe/c1-18-16(14-10-6-3-7-11-14)12-15(17)13-8-4-2-5-9-13/h2-11,15-17H,12H2,1H3. The third kappa shape index (κ3) is 3.46. The Labute approximate surface area is 115 Å². The summed E-state index contributed by atoms with van der Waals surface area (Å²) in [6.45, 7) is 0. The molecule has 18 heavy (non-hydrogen) atoms. The second kappa shape index (κ2) is 6.75. The Balaban J connectivity index is 2.07. The van der Waals surface area contributed by atoms with Crippen molar-refractivity contribution >= 4 is 15.0 Å². The Bertz CT molecular complexity index is 455. The molecule has 0 aliphatic rings. The summed E-state index contributed by atoms with van der Waals surface area (Å²) < 4.78 is 0. The summed E-state index contributed by atoms with van der Waals surface area (Å²) in [6.07, 6.45) is 0.447. The minimum absolute atomic E-state index is 0.363. The Morgan fingerprint density at radius 2 is 1.39 bits per heavy atom. The molecule has 0 aliphatic carbocycles. The molecule has 2 heteroatoms. The first-order valence-corrected chi connectivity index (χ1v) is 8.82. The van der Waals surface area contributed by atoms with Crippen molar-refractivity contribution in [2.45, 2.75) is 23.2 Å². The average Bonchev–Trinajstić information content (AvgIpc) is 2.46. The molecule has 2 unspecified atom stereocenters. The van der Waals surface area contributed by atoms with Crippen LogP contribution in [0.3, 0.4) is 0 Å². The third-order valence-electron chi connectivity index (χ3n) is 3.08. The van der Waals surface area contributed by atoms with Crippen LogP contribution in [-0.4, -0.2) is 20.1 Å². The molecular formula is C16H18OSe. The zero-order valence-corrected chi connectivity index (χ0v) is 12.2. The average molecular weight is 305 g/mol. The Kier molecular flexibility index (Phi) is 5.00. The van der Waals surface area contributed by atoms with Crippen molar-refractivity contribution < 1.29 is 5.11 Å². The van der Waals surface area contributed by atoms with Crippen molar-refractivity contribution in [1.29, 1.82) is 0 Å². The van der Waals surface area contributed by atoms with Crippen molar-refractivity contribution in [2.24, 2.45) is 0 Å². The van der Waals surface area contributed by atoms with Gasteiger partial charge in [-0.2, -0.15) is 0 Å². The van der Waals surface area contributed by atoms with E-state index in [0.717, 1.165) is 12.0 Å². The summed E-state index contributed by atoms with van der Waals surface area (Å²) in [7, 11) is 0. The molecule has 0 heterocycles. The van der Waals surface area contributed by atoms with Gasteiger partial charge in [0, 0.05) is 0 Å². The normalized spacial score (nSPS) is 14.1. The first kappa shape index (κ1) is 13.4. The van der Waals surface area contributed by atoms with Crippen LogP contribution < -0.4 is 0 Å². The van der Waals surface area contributed by atoms with E-state index >= 15 is 0 Å². The molecule has 0 radical (unpaired) electrons. The van der Waals surface area contributed by atoms with Gasteiger partial charge in [-0.3, -0.25) is 0 Å². The molecule has 0 amide bonds. The third-order valence-corrected chi connectivity index (χ3v) is 5.25. The van der Waals surface area contributed by atoms with Crippen molar-refractivity contribution in [1.82, 2.24) is 0 Å². The Hall–Kier alpha value is -1.08. The van der Waals surface area contributed by atoms with Crippen LogP contribution in [0.5, 0.6) is 0 Å². The second-order valence-electron chi connectivity index (χ2n) is 4.30. The van der Waals surface area contributed by atoms with Gasteiger partial charge in [0.2, 0.25) is 0 Å². The van der Waals surface area contributed by atoms with Gasteiger partial charge in [-0.1, -0.05) is 0 Å². The molecule has 2 rings (SSSR count). The van der Waals surface area contributed by atoms with Crippen molar-refractivity contribution in [2.75, 3.05) is 0 Å². The number of rotatable bonds is 5. The van der Waals surface area contributed by atoms with E-state index in [1.54, 1.807) is 0 Å². The van der Waals surface area contributed by atoms with Crippen molar-refractivity contribution in [3.63, 3.8) is 0 Å². The summed E-state index contributed by atoms with van der Waals surface area (Å²) in [5, 5.41) is 10.3. The number of hydrogen-bond acceptors (Lipinski definition) is 1. The fraction of sp³-hybridized carbons (Fsp3) is 0.250. The second-order valence-corrected chi connectivity index (χ2v) is 6.48. The van der Waals surface area contributed by atoms with E-state index in [4.69, 9.17) is 0 Å². The number of aliphatic hydroxyl groups is 1. The van der Waals surface area contributed by atoms with Gasteiger partial charge < -0.3 is 0 Å². The van der Waals surface area contributed by atoms with Gasteiger partial charge in [-0.15, -0.1) is 0 Å².